The maximum Gasteiger partial charge on any atom is 0.330 e. The first-order valence-corrected chi connectivity index (χ1v) is 7.30. The van der Waals surface area contributed by atoms with Crippen LogP contribution in [-0.4, -0.2) is 32.3 Å². The fourth-order valence-corrected chi connectivity index (χ4v) is 3.13. The second kappa shape index (κ2) is 5.35. The summed E-state index contributed by atoms with van der Waals surface area (Å²) in [5, 5.41) is 0.246. The van der Waals surface area contributed by atoms with Gasteiger partial charge in [-0.1, -0.05) is 11.6 Å². The summed E-state index contributed by atoms with van der Waals surface area (Å²) in [5.41, 5.74) is 0.878. The summed E-state index contributed by atoms with van der Waals surface area (Å²) < 4.78 is 8.67. The first-order valence-electron chi connectivity index (χ1n) is 6.55. The Morgan fingerprint density at radius 3 is 2.85 bits per heavy atom. The summed E-state index contributed by atoms with van der Waals surface area (Å²) in [4.78, 5) is 20.7. The lowest BCUT2D eigenvalue weighted by Gasteiger charge is -2.22. The molecule has 1 atom stereocenters. The molecule has 6 nitrogen and oxygen atoms in total. The van der Waals surface area contributed by atoms with Gasteiger partial charge in [0.1, 0.15) is 5.52 Å². The van der Waals surface area contributed by atoms with Crippen LogP contribution < -0.4 is 5.69 Å². The topological polar surface area (TPSA) is 61.9 Å². The number of rotatable bonds is 2. The molecule has 0 bridgehead atoms. The smallest absolute Gasteiger partial charge is 0.330 e. The van der Waals surface area contributed by atoms with Crippen LogP contribution in [0.4, 0.5) is 0 Å². The summed E-state index contributed by atoms with van der Waals surface area (Å²) >= 11 is 12.0. The first kappa shape index (κ1) is 13.9. The first-order chi connectivity index (χ1) is 9.63. The Bertz CT molecular complexity index is 704. The van der Waals surface area contributed by atoms with E-state index in [0.29, 0.717) is 24.3 Å². The molecule has 20 heavy (non-hydrogen) atoms. The Morgan fingerprint density at radius 2 is 2.20 bits per heavy atom. The normalized spacial score (nSPS) is 19.6. The quantitative estimate of drug-likeness (QED) is 0.630. The van der Waals surface area contributed by atoms with Crippen molar-refractivity contribution in [2.75, 3.05) is 13.2 Å². The number of hydrogen-bond donors (Lipinski definition) is 0. The predicted molar refractivity (Wildman–Crippen MR) is 76.6 cm³/mol. The van der Waals surface area contributed by atoms with Gasteiger partial charge in [0.05, 0.1) is 12.6 Å². The molecule has 2 aromatic rings. The lowest BCUT2D eigenvalue weighted by Crippen LogP contribution is -2.31. The van der Waals surface area contributed by atoms with Gasteiger partial charge in [-0.2, -0.15) is 4.98 Å². The van der Waals surface area contributed by atoms with Crippen molar-refractivity contribution in [3.63, 3.8) is 0 Å². The van der Waals surface area contributed by atoms with Gasteiger partial charge in [-0.3, -0.25) is 9.13 Å². The lowest BCUT2D eigenvalue weighted by atomic mass is 10.1. The number of ether oxygens (including phenoxy) is 1. The van der Waals surface area contributed by atoms with E-state index >= 15 is 0 Å². The van der Waals surface area contributed by atoms with Gasteiger partial charge in [0.2, 0.25) is 5.28 Å². The monoisotopic (exact) mass is 316 g/mol. The van der Waals surface area contributed by atoms with Gasteiger partial charge in [-0.25, -0.2) is 9.78 Å². The van der Waals surface area contributed by atoms with Crippen molar-refractivity contribution in [3.8, 4) is 0 Å². The third kappa shape index (κ3) is 2.12. The average molecular weight is 317 g/mol. The third-order valence-corrected chi connectivity index (χ3v) is 3.98. The molecule has 1 saturated heterocycles. The lowest BCUT2D eigenvalue weighted by molar-refractivity contribution is 0.0590. The minimum atomic E-state index is -0.142. The highest BCUT2D eigenvalue weighted by Crippen LogP contribution is 2.26. The van der Waals surface area contributed by atoms with E-state index in [1.165, 1.54) is 0 Å². The fourth-order valence-electron chi connectivity index (χ4n) is 2.66. The van der Waals surface area contributed by atoms with Gasteiger partial charge in [-0.15, -0.1) is 0 Å². The molecule has 0 radical (unpaired) electrons. The molecule has 1 fully saturated rings. The van der Waals surface area contributed by atoms with Crippen molar-refractivity contribution in [2.24, 2.45) is 0 Å². The maximum absolute atomic E-state index is 12.6. The number of halogens is 2. The van der Waals surface area contributed by atoms with Crippen molar-refractivity contribution in [1.29, 1.82) is 0 Å². The molecule has 2 aromatic heterocycles. The highest BCUT2D eigenvalue weighted by atomic mass is 35.5. The Balaban J connectivity index is 2.30. The SMILES string of the molecule is CCn1c(=O)n([C@@H]2CCCOC2)c2nc(Cl)nc(Cl)c21. The van der Waals surface area contributed by atoms with Gasteiger partial charge >= 0.3 is 5.69 Å². The molecular weight excluding hydrogens is 303 g/mol. The highest BCUT2D eigenvalue weighted by molar-refractivity contribution is 6.35. The van der Waals surface area contributed by atoms with E-state index in [9.17, 15) is 4.79 Å². The summed E-state index contributed by atoms with van der Waals surface area (Å²) in [5.74, 6) is 0. The van der Waals surface area contributed by atoms with Crippen molar-refractivity contribution in [2.45, 2.75) is 32.4 Å². The number of fused-ring (bicyclic) bond motifs is 1. The molecule has 1 aliphatic rings. The van der Waals surface area contributed by atoms with Gasteiger partial charge in [0, 0.05) is 13.2 Å². The Morgan fingerprint density at radius 1 is 1.40 bits per heavy atom. The van der Waals surface area contributed by atoms with Gasteiger partial charge in [0.15, 0.2) is 10.8 Å². The molecule has 0 amide bonds. The van der Waals surface area contributed by atoms with Crippen molar-refractivity contribution in [1.82, 2.24) is 19.1 Å². The molecule has 3 rings (SSSR count). The second-order valence-electron chi connectivity index (χ2n) is 4.72. The van der Waals surface area contributed by atoms with E-state index in [1.807, 2.05) is 6.92 Å². The van der Waals surface area contributed by atoms with Crippen LogP contribution >= 0.6 is 23.2 Å². The molecule has 8 heteroatoms. The molecule has 0 aliphatic carbocycles. The molecule has 108 valence electrons. The molecule has 0 unspecified atom stereocenters. The molecule has 0 saturated carbocycles. The number of hydrogen-bond acceptors (Lipinski definition) is 4. The summed E-state index contributed by atoms with van der Waals surface area (Å²) in [6.45, 7) is 3.62. The van der Waals surface area contributed by atoms with Crippen molar-refractivity contribution >= 4 is 34.4 Å². The van der Waals surface area contributed by atoms with Crippen molar-refractivity contribution < 1.29 is 4.74 Å². The van der Waals surface area contributed by atoms with Crippen LogP contribution in [0, 0.1) is 0 Å². The molecule has 0 spiro atoms. The summed E-state index contributed by atoms with van der Waals surface area (Å²) in [6, 6.07) is -0.0337. The summed E-state index contributed by atoms with van der Waals surface area (Å²) in [6.07, 6.45) is 1.80. The van der Waals surface area contributed by atoms with E-state index in [-0.39, 0.29) is 22.2 Å². The summed E-state index contributed by atoms with van der Waals surface area (Å²) in [7, 11) is 0. The number of imidazole rings is 1. The predicted octanol–water partition coefficient (Wildman–Crippen LogP) is 2.27. The van der Waals surface area contributed by atoms with Crippen molar-refractivity contribution in [3.05, 3.63) is 20.9 Å². The second-order valence-corrected chi connectivity index (χ2v) is 5.42. The van der Waals surface area contributed by atoms with Crippen LogP contribution in [0.25, 0.3) is 11.2 Å². The standard InChI is InChI=1S/C12H14Cl2N4O2/c1-2-17-8-9(13)15-11(14)16-10(8)18(12(17)19)7-4-3-5-20-6-7/h7H,2-6H2,1H3/t7-/m1/s1. The number of aromatic nitrogens is 4. The van der Waals surface area contributed by atoms with Crippen LogP contribution in [0.1, 0.15) is 25.8 Å². The minimum Gasteiger partial charge on any atom is -0.379 e. The molecule has 1 aliphatic heterocycles. The highest BCUT2D eigenvalue weighted by Gasteiger charge is 2.25. The molecule has 0 N–H and O–H groups in total. The van der Waals surface area contributed by atoms with E-state index in [1.54, 1.807) is 9.13 Å². The van der Waals surface area contributed by atoms with Crippen LogP contribution in [0.5, 0.6) is 0 Å². The third-order valence-electron chi connectivity index (χ3n) is 3.55. The van der Waals surface area contributed by atoms with E-state index in [4.69, 9.17) is 27.9 Å². The number of nitrogens with zero attached hydrogens (tertiary/aromatic N) is 4. The zero-order valence-corrected chi connectivity index (χ0v) is 12.5. The van der Waals surface area contributed by atoms with Gasteiger partial charge < -0.3 is 4.74 Å². The average Bonchev–Trinajstić information content (AvgIpc) is 2.71. The molecular formula is C12H14Cl2N4O2. The van der Waals surface area contributed by atoms with Crippen LogP contribution in [0.3, 0.4) is 0 Å². The Labute approximate surface area is 125 Å². The van der Waals surface area contributed by atoms with Crippen LogP contribution in [0.2, 0.25) is 10.4 Å². The Hall–Kier alpha value is -1.11. The molecule has 0 aromatic carbocycles. The van der Waals surface area contributed by atoms with E-state index < -0.39 is 0 Å². The fraction of sp³-hybridized carbons (Fsp3) is 0.583. The zero-order valence-electron chi connectivity index (χ0n) is 11.0. The van der Waals surface area contributed by atoms with E-state index in [0.717, 1.165) is 19.4 Å². The van der Waals surface area contributed by atoms with Gasteiger partial charge in [0.25, 0.3) is 0 Å². The largest absolute Gasteiger partial charge is 0.379 e. The number of aryl methyl sites for hydroxylation is 1. The van der Waals surface area contributed by atoms with E-state index in [2.05, 4.69) is 9.97 Å². The van der Waals surface area contributed by atoms with Crippen LogP contribution in [0.15, 0.2) is 4.79 Å². The zero-order chi connectivity index (χ0) is 14.3. The molecule has 3 heterocycles. The Kier molecular flexibility index (Phi) is 3.70. The van der Waals surface area contributed by atoms with Crippen LogP contribution in [-0.2, 0) is 11.3 Å². The minimum absolute atomic E-state index is 0.0337. The maximum atomic E-state index is 12.6. The van der Waals surface area contributed by atoms with Gasteiger partial charge in [-0.05, 0) is 31.4 Å².